The van der Waals surface area contributed by atoms with E-state index in [1.54, 1.807) is 54.6 Å². The third kappa shape index (κ3) is 3.88. The van der Waals surface area contributed by atoms with Gasteiger partial charge in [0.1, 0.15) is 23.5 Å². The maximum absolute atomic E-state index is 12.6. The van der Waals surface area contributed by atoms with Gasteiger partial charge in [-0.15, -0.1) is 0 Å². The molecule has 32 heavy (non-hydrogen) atoms. The molecule has 5 rings (SSSR count). The normalized spacial score (nSPS) is 11.2. The van der Waals surface area contributed by atoms with Crippen LogP contribution in [0.2, 0.25) is 10.0 Å². The van der Waals surface area contributed by atoms with E-state index in [-0.39, 0.29) is 12.2 Å². The first kappa shape index (κ1) is 20.4. The molecule has 0 N–H and O–H groups in total. The lowest BCUT2D eigenvalue weighted by molar-refractivity contribution is 0.306. The summed E-state index contributed by atoms with van der Waals surface area (Å²) in [4.78, 5) is 24.9. The summed E-state index contributed by atoms with van der Waals surface area (Å²) >= 11 is 12.1. The van der Waals surface area contributed by atoms with Gasteiger partial charge >= 0.3 is 11.3 Å². The van der Waals surface area contributed by atoms with Crippen LogP contribution in [0, 0.1) is 0 Å². The van der Waals surface area contributed by atoms with Crippen LogP contribution in [0.25, 0.3) is 33.1 Å². The van der Waals surface area contributed by atoms with Gasteiger partial charge in [-0.1, -0.05) is 47.5 Å². The molecule has 0 fully saturated rings. The number of halogens is 2. The molecule has 7 heteroatoms. The van der Waals surface area contributed by atoms with E-state index in [1.165, 1.54) is 6.07 Å². The lowest BCUT2D eigenvalue weighted by atomic mass is 10.0. The van der Waals surface area contributed by atoms with Crippen molar-refractivity contribution in [3.63, 3.8) is 0 Å². The van der Waals surface area contributed by atoms with Crippen LogP contribution < -0.4 is 16.0 Å². The van der Waals surface area contributed by atoms with Crippen LogP contribution in [-0.2, 0) is 6.61 Å². The van der Waals surface area contributed by atoms with E-state index in [2.05, 4.69) is 0 Å². The highest BCUT2D eigenvalue weighted by Crippen LogP contribution is 2.30. The van der Waals surface area contributed by atoms with Gasteiger partial charge in [-0.05, 0) is 36.4 Å². The molecule has 0 aliphatic heterocycles. The van der Waals surface area contributed by atoms with Crippen molar-refractivity contribution in [3.8, 4) is 16.9 Å². The first-order valence-corrected chi connectivity index (χ1v) is 10.4. The van der Waals surface area contributed by atoms with Crippen LogP contribution in [0.4, 0.5) is 0 Å². The maximum atomic E-state index is 12.6. The van der Waals surface area contributed by atoms with Crippen LogP contribution in [0.1, 0.15) is 5.56 Å². The lowest BCUT2D eigenvalue weighted by Gasteiger charge is -2.10. The van der Waals surface area contributed by atoms with E-state index in [0.717, 1.165) is 10.9 Å². The van der Waals surface area contributed by atoms with Crippen LogP contribution >= 0.6 is 23.2 Å². The van der Waals surface area contributed by atoms with E-state index in [4.69, 9.17) is 36.8 Å². The molecule has 2 heterocycles. The Morgan fingerprint density at radius 2 is 1.62 bits per heavy atom. The summed E-state index contributed by atoms with van der Waals surface area (Å²) in [7, 11) is 0. The molecule has 0 aliphatic carbocycles. The SMILES string of the molecule is O=c1cc(-c2cc3ccccc3oc2=O)c2ccc(OCc3ccc(Cl)cc3Cl)cc2o1. The fourth-order valence-corrected chi connectivity index (χ4v) is 3.97. The van der Waals surface area contributed by atoms with Crippen molar-refractivity contribution in [1.29, 1.82) is 0 Å². The summed E-state index contributed by atoms with van der Waals surface area (Å²) in [5.41, 5.74) is 1.13. The van der Waals surface area contributed by atoms with Crippen molar-refractivity contribution >= 4 is 45.1 Å². The van der Waals surface area contributed by atoms with Crippen LogP contribution in [0.5, 0.6) is 5.75 Å². The molecule has 0 bridgehead atoms. The quantitative estimate of drug-likeness (QED) is 0.285. The molecule has 0 aliphatic rings. The van der Waals surface area contributed by atoms with Gasteiger partial charge in [0.25, 0.3) is 0 Å². The molecular weight excluding hydrogens is 451 g/mol. The van der Waals surface area contributed by atoms with Crippen molar-refractivity contribution in [2.75, 3.05) is 0 Å². The van der Waals surface area contributed by atoms with Gasteiger partial charge in [-0.3, -0.25) is 0 Å². The topological polar surface area (TPSA) is 69.7 Å². The molecule has 0 atom stereocenters. The van der Waals surface area contributed by atoms with Gasteiger partial charge in [0.15, 0.2) is 0 Å². The molecule has 0 saturated heterocycles. The summed E-state index contributed by atoms with van der Waals surface area (Å²) in [6.45, 7) is 0.208. The van der Waals surface area contributed by atoms with Crippen LogP contribution in [0.3, 0.4) is 0 Å². The first-order valence-electron chi connectivity index (χ1n) is 9.66. The van der Waals surface area contributed by atoms with Crippen LogP contribution in [-0.4, -0.2) is 0 Å². The predicted octanol–water partition coefficient (Wildman–Crippen LogP) is 6.45. The minimum absolute atomic E-state index is 0.208. The first-order chi connectivity index (χ1) is 15.5. The van der Waals surface area contributed by atoms with Gasteiger partial charge in [0.05, 0.1) is 5.56 Å². The molecule has 5 aromatic rings. The smallest absolute Gasteiger partial charge is 0.344 e. The highest BCUT2D eigenvalue weighted by atomic mass is 35.5. The third-order valence-corrected chi connectivity index (χ3v) is 5.64. The van der Waals surface area contributed by atoms with Crippen molar-refractivity contribution in [3.05, 3.63) is 109 Å². The molecule has 0 saturated carbocycles. The van der Waals surface area contributed by atoms with Crippen LogP contribution in [0.15, 0.2) is 91.2 Å². The Kier molecular flexibility index (Phi) is 5.21. The van der Waals surface area contributed by atoms with E-state index in [1.807, 2.05) is 12.1 Å². The van der Waals surface area contributed by atoms with E-state index >= 15 is 0 Å². The number of hydrogen-bond donors (Lipinski definition) is 0. The second-order valence-corrected chi connectivity index (χ2v) is 7.99. The van der Waals surface area contributed by atoms with Crippen molar-refractivity contribution in [2.24, 2.45) is 0 Å². The second-order valence-electron chi connectivity index (χ2n) is 7.15. The standard InChI is InChI=1S/C25H14Cl2O5/c26-16-6-5-15(21(27)10-16)13-30-17-7-8-18-19(12-24(28)31-23(18)11-17)20-9-14-3-1-2-4-22(14)32-25(20)29/h1-12H,13H2. The number of fused-ring (bicyclic) bond motifs is 2. The Morgan fingerprint density at radius 1 is 0.781 bits per heavy atom. The van der Waals surface area contributed by atoms with E-state index < -0.39 is 11.3 Å². The summed E-state index contributed by atoms with van der Waals surface area (Å²) in [5.74, 6) is 0.481. The van der Waals surface area contributed by atoms with E-state index in [0.29, 0.717) is 37.9 Å². The fourth-order valence-electron chi connectivity index (χ4n) is 3.51. The Bertz CT molecular complexity index is 1600. The highest BCUT2D eigenvalue weighted by molar-refractivity contribution is 6.35. The number of hydrogen-bond acceptors (Lipinski definition) is 5. The summed E-state index contributed by atoms with van der Waals surface area (Å²) in [5, 5.41) is 2.37. The lowest BCUT2D eigenvalue weighted by Crippen LogP contribution is -2.06. The number of rotatable bonds is 4. The monoisotopic (exact) mass is 464 g/mol. The average Bonchev–Trinajstić information content (AvgIpc) is 2.77. The minimum atomic E-state index is -0.585. The summed E-state index contributed by atoms with van der Waals surface area (Å²) in [6.07, 6.45) is 0. The molecule has 5 nitrogen and oxygen atoms in total. The average molecular weight is 465 g/mol. The van der Waals surface area contributed by atoms with Crippen molar-refractivity contribution in [2.45, 2.75) is 6.61 Å². The van der Waals surface area contributed by atoms with Gasteiger partial charge in [-0.25, -0.2) is 9.59 Å². The number of ether oxygens (including phenoxy) is 1. The zero-order chi connectivity index (χ0) is 22.2. The van der Waals surface area contributed by atoms with Gasteiger partial charge in [0.2, 0.25) is 0 Å². The third-order valence-electron chi connectivity index (χ3n) is 5.06. The zero-order valence-electron chi connectivity index (χ0n) is 16.4. The molecular formula is C25H14Cl2O5. The fraction of sp³-hybridized carbons (Fsp3) is 0.0400. The Labute approximate surface area is 191 Å². The van der Waals surface area contributed by atoms with Gasteiger partial charge < -0.3 is 13.6 Å². The molecule has 0 amide bonds. The predicted molar refractivity (Wildman–Crippen MR) is 125 cm³/mol. The number of benzene rings is 3. The molecule has 158 valence electrons. The summed E-state index contributed by atoms with van der Waals surface area (Å²) in [6, 6.07) is 20.4. The van der Waals surface area contributed by atoms with Gasteiger partial charge in [-0.2, -0.15) is 0 Å². The molecule has 3 aromatic carbocycles. The largest absolute Gasteiger partial charge is 0.489 e. The Morgan fingerprint density at radius 3 is 2.47 bits per heavy atom. The van der Waals surface area contributed by atoms with E-state index in [9.17, 15) is 9.59 Å². The molecule has 0 unspecified atom stereocenters. The molecule has 0 spiro atoms. The van der Waals surface area contributed by atoms with Gasteiger partial charge in [0, 0.05) is 44.1 Å². The Balaban J connectivity index is 1.55. The maximum Gasteiger partial charge on any atom is 0.344 e. The minimum Gasteiger partial charge on any atom is -0.489 e. The highest BCUT2D eigenvalue weighted by Gasteiger charge is 2.14. The van der Waals surface area contributed by atoms with Crippen molar-refractivity contribution in [1.82, 2.24) is 0 Å². The zero-order valence-corrected chi connectivity index (χ0v) is 17.9. The molecule has 2 aromatic heterocycles. The Hall–Kier alpha value is -3.54. The second kappa shape index (κ2) is 8.19. The summed E-state index contributed by atoms with van der Waals surface area (Å²) < 4.78 is 16.6. The number of para-hydroxylation sites is 1. The molecule has 0 radical (unpaired) electrons. The van der Waals surface area contributed by atoms with Crippen molar-refractivity contribution < 1.29 is 13.6 Å².